The summed E-state index contributed by atoms with van der Waals surface area (Å²) in [4.78, 5) is 27.9. The highest BCUT2D eigenvalue weighted by Crippen LogP contribution is 2.25. The Labute approximate surface area is 148 Å². The third-order valence-corrected chi connectivity index (χ3v) is 4.96. The Balaban J connectivity index is 1.95. The number of hydrogen-bond acceptors (Lipinski definition) is 6. The normalized spacial score (nSPS) is 21.5. The summed E-state index contributed by atoms with van der Waals surface area (Å²) in [6, 6.07) is 2.91. The molecule has 1 aliphatic heterocycles. The van der Waals surface area contributed by atoms with E-state index in [0.29, 0.717) is 37.5 Å². The lowest BCUT2D eigenvalue weighted by atomic mass is 9.79. The van der Waals surface area contributed by atoms with E-state index in [0.717, 1.165) is 24.9 Å². The van der Waals surface area contributed by atoms with Crippen LogP contribution in [0.25, 0.3) is 0 Å². The molecule has 4 N–H and O–H groups in total. The fourth-order valence-electron chi connectivity index (χ4n) is 3.51. The fraction of sp³-hybridized carbons (Fsp3) is 0.611. The molecular formula is C18H27N4O3-. The highest BCUT2D eigenvalue weighted by Gasteiger charge is 2.33. The van der Waals surface area contributed by atoms with E-state index in [9.17, 15) is 14.7 Å². The molecule has 1 amide bonds. The number of nitrogens with two attached hydrogens (primary N) is 1. The number of nitrogens with one attached hydrogen (secondary N) is 2. The highest BCUT2D eigenvalue weighted by atomic mass is 16.4. The molecule has 2 rings (SSSR count). The van der Waals surface area contributed by atoms with Crippen molar-refractivity contribution in [1.82, 2.24) is 15.6 Å². The van der Waals surface area contributed by atoms with Crippen molar-refractivity contribution in [3.05, 3.63) is 23.9 Å². The maximum absolute atomic E-state index is 12.9. The Bertz CT molecular complexity index is 576. The van der Waals surface area contributed by atoms with Gasteiger partial charge in [0.1, 0.15) is 11.9 Å². The average molecular weight is 347 g/mol. The topological polar surface area (TPSA) is 120 Å². The summed E-state index contributed by atoms with van der Waals surface area (Å²) in [6.07, 6.45) is 4.02. The number of hydrogen-bond donors (Lipinski definition) is 3. The molecule has 0 saturated carbocycles. The number of nitrogens with zero attached hydrogens (tertiary/aromatic N) is 1. The number of Topliss-reactive ketones (excluding diaryl/α,β-unsaturated/α-hetero) is 1. The monoisotopic (exact) mass is 347 g/mol. The van der Waals surface area contributed by atoms with Crippen LogP contribution in [0.2, 0.25) is 0 Å². The molecule has 1 saturated heterocycles. The average Bonchev–Trinajstić information content (AvgIpc) is 2.61. The molecule has 3 unspecified atom stereocenters. The summed E-state index contributed by atoms with van der Waals surface area (Å²) in [5.74, 6) is 0.597. The number of carbonyl (C=O) groups is 2. The predicted molar refractivity (Wildman–Crippen MR) is 93.7 cm³/mol. The van der Waals surface area contributed by atoms with Crippen molar-refractivity contribution >= 4 is 17.7 Å². The molecule has 0 aromatic carbocycles. The van der Waals surface area contributed by atoms with E-state index < -0.39 is 12.1 Å². The molecular weight excluding hydrogens is 320 g/mol. The van der Waals surface area contributed by atoms with Crippen molar-refractivity contribution in [3.63, 3.8) is 0 Å². The fourth-order valence-corrected chi connectivity index (χ4v) is 3.51. The lowest BCUT2D eigenvalue weighted by Gasteiger charge is -2.33. The van der Waals surface area contributed by atoms with Crippen LogP contribution in [-0.4, -0.2) is 36.0 Å². The minimum atomic E-state index is -1.40. The zero-order valence-corrected chi connectivity index (χ0v) is 14.7. The third-order valence-electron chi connectivity index (χ3n) is 4.96. The zero-order chi connectivity index (χ0) is 18.2. The SMILES string of the molecule is CCC1CCNCC1C(=O)C(CCCc1ccc(N)nc1)NC(=O)[O-]. The van der Waals surface area contributed by atoms with E-state index in [4.69, 9.17) is 5.73 Å². The number of rotatable bonds is 8. The predicted octanol–water partition coefficient (Wildman–Crippen LogP) is 0.493. The lowest BCUT2D eigenvalue weighted by Crippen LogP contribution is -2.52. The molecule has 3 atom stereocenters. The molecule has 0 aliphatic carbocycles. The third kappa shape index (κ3) is 5.70. The van der Waals surface area contributed by atoms with Crippen LogP contribution in [0.3, 0.4) is 0 Å². The molecule has 0 bridgehead atoms. The van der Waals surface area contributed by atoms with Gasteiger partial charge in [-0.1, -0.05) is 19.4 Å². The molecule has 0 spiro atoms. The van der Waals surface area contributed by atoms with E-state index >= 15 is 0 Å². The molecule has 2 heterocycles. The number of aryl methyl sites for hydroxylation is 1. The quantitative estimate of drug-likeness (QED) is 0.629. The van der Waals surface area contributed by atoms with Crippen LogP contribution < -0.4 is 21.5 Å². The summed E-state index contributed by atoms with van der Waals surface area (Å²) < 4.78 is 0. The minimum Gasteiger partial charge on any atom is -0.530 e. The van der Waals surface area contributed by atoms with Crippen molar-refractivity contribution in [2.75, 3.05) is 18.8 Å². The summed E-state index contributed by atoms with van der Waals surface area (Å²) in [7, 11) is 0. The van der Waals surface area contributed by atoms with Crippen molar-refractivity contribution < 1.29 is 14.7 Å². The van der Waals surface area contributed by atoms with Crippen LogP contribution in [0.5, 0.6) is 0 Å². The number of ketones is 1. The first kappa shape index (κ1) is 19.2. The summed E-state index contributed by atoms with van der Waals surface area (Å²) in [5, 5.41) is 16.6. The second kappa shape index (κ2) is 9.36. The van der Waals surface area contributed by atoms with Crippen LogP contribution >= 0.6 is 0 Å². The minimum absolute atomic E-state index is 0.0290. The molecule has 1 aliphatic rings. The second-order valence-electron chi connectivity index (χ2n) is 6.64. The molecule has 1 aromatic heterocycles. The van der Waals surface area contributed by atoms with Crippen LogP contribution in [-0.2, 0) is 11.2 Å². The van der Waals surface area contributed by atoms with Gasteiger partial charge in [0.2, 0.25) is 0 Å². The summed E-state index contributed by atoms with van der Waals surface area (Å²) >= 11 is 0. The van der Waals surface area contributed by atoms with E-state index in [2.05, 4.69) is 22.5 Å². The number of nitrogen functional groups attached to an aromatic ring is 1. The first-order valence-corrected chi connectivity index (χ1v) is 8.93. The van der Waals surface area contributed by atoms with E-state index in [1.54, 1.807) is 12.3 Å². The second-order valence-corrected chi connectivity index (χ2v) is 6.64. The molecule has 7 nitrogen and oxygen atoms in total. The van der Waals surface area contributed by atoms with Gasteiger partial charge in [-0.2, -0.15) is 0 Å². The summed E-state index contributed by atoms with van der Waals surface area (Å²) in [5.41, 5.74) is 6.58. The molecule has 7 heteroatoms. The Morgan fingerprint density at radius 2 is 2.28 bits per heavy atom. The van der Waals surface area contributed by atoms with Gasteiger partial charge < -0.3 is 26.3 Å². The number of carboxylic acid groups (broad SMARTS) is 1. The van der Waals surface area contributed by atoms with Crippen LogP contribution in [0, 0.1) is 11.8 Å². The molecule has 0 radical (unpaired) electrons. The number of anilines is 1. The number of amides is 1. The van der Waals surface area contributed by atoms with Crippen LogP contribution in [0.15, 0.2) is 18.3 Å². The molecule has 138 valence electrons. The number of piperidine rings is 1. The Morgan fingerprint density at radius 3 is 2.92 bits per heavy atom. The smallest absolute Gasteiger partial charge is 0.159 e. The van der Waals surface area contributed by atoms with Crippen molar-refractivity contribution in [2.24, 2.45) is 11.8 Å². The highest BCUT2D eigenvalue weighted by molar-refractivity contribution is 5.89. The van der Waals surface area contributed by atoms with Gasteiger partial charge in [-0.15, -0.1) is 0 Å². The lowest BCUT2D eigenvalue weighted by molar-refractivity contribution is -0.251. The van der Waals surface area contributed by atoms with Crippen molar-refractivity contribution in [2.45, 2.75) is 45.1 Å². The van der Waals surface area contributed by atoms with E-state index in [1.807, 2.05) is 6.07 Å². The zero-order valence-electron chi connectivity index (χ0n) is 14.7. The van der Waals surface area contributed by atoms with Crippen molar-refractivity contribution in [1.29, 1.82) is 0 Å². The Morgan fingerprint density at radius 1 is 1.48 bits per heavy atom. The number of carbonyl (C=O) groups excluding carboxylic acids is 2. The van der Waals surface area contributed by atoms with E-state index in [-0.39, 0.29) is 11.7 Å². The largest absolute Gasteiger partial charge is 0.530 e. The Hall–Kier alpha value is -2.15. The standard InChI is InChI=1S/C18H28N4O3/c1-2-13-8-9-20-11-14(13)17(23)15(22-18(24)25)5-3-4-12-6-7-16(19)21-10-12/h6-7,10,13-15,20,22H,2-5,8-9,11H2,1H3,(H2,19,21)(H,24,25)/p-1. The van der Waals surface area contributed by atoms with Gasteiger partial charge in [0.15, 0.2) is 5.78 Å². The number of pyridine rings is 1. The Kier molecular flexibility index (Phi) is 7.18. The first-order chi connectivity index (χ1) is 12.0. The first-order valence-electron chi connectivity index (χ1n) is 8.93. The van der Waals surface area contributed by atoms with Gasteiger partial charge in [0.05, 0.1) is 6.04 Å². The van der Waals surface area contributed by atoms with Gasteiger partial charge >= 0.3 is 0 Å². The van der Waals surface area contributed by atoms with Gasteiger partial charge in [0, 0.05) is 18.7 Å². The molecule has 25 heavy (non-hydrogen) atoms. The van der Waals surface area contributed by atoms with Crippen molar-refractivity contribution in [3.8, 4) is 0 Å². The van der Waals surface area contributed by atoms with Gasteiger partial charge in [-0.25, -0.2) is 4.98 Å². The van der Waals surface area contributed by atoms with Crippen LogP contribution in [0.1, 0.15) is 38.2 Å². The van der Waals surface area contributed by atoms with Crippen LogP contribution in [0.4, 0.5) is 10.6 Å². The summed E-state index contributed by atoms with van der Waals surface area (Å²) in [6.45, 7) is 3.60. The van der Waals surface area contributed by atoms with Gasteiger partial charge in [-0.05, 0) is 49.8 Å². The molecule has 1 fully saturated rings. The molecule has 1 aromatic rings. The van der Waals surface area contributed by atoms with E-state index in [1.165, 1.54) is 0 Å². The van der Waals surface area contributed by atoms with Gasteiger partial charge in [0.25, 0.3) is 0 Å². The number of aromatic nitrogens is 1. The maximum Gasteiger partial charge on any atom is 0.159 e. The van der Waals surface area contributed by atoms with Gasteiger partial charge in [-0.3, -0.25) is 4.79 Å². The maximum atomic E-state index is 12.9.